The largest absolute Gasteiger partial charge is 0.465 e. The number of thioether (sulfide) groups is 1. The van der Waals surface area contributed by atoms with Crippen molar-refractivity contribution in [2.45, 2.75) is 4.90 Å². The molecule has 1 heterocycles. The third kappa shape index (κ3) is 3.32. The van der Waals surface area contributed by atoms with Crippen LogP contribution in [0, 0.1) is 0 Å². The molecule has 3 aromatic rings. The number of ether oxygens (including phenoxy) is 1. The first-order chi connectivity index (χ1) is 11.6. The molecule has 0 bridgehead atoms. The van der Waals surface area contributed by atoms with Crippen molar-refractivity contribution in [1.29, 1.82) is 0 Å². The van der Waals surface area contributed by atoms with Gasteiger partial charge in [0.25, 0.3) is 0 Å². The van der Waals surface area contributed by atoms with Gasteiger partial charge in [-0.25, -0.2) is 4.79 Å². The molecule has 4 nitrogen and oxygen atoms in total. The van der Waals surface area contributed by atoms with Crippen LogP contribution in [-0.4, -0.2) is 29.3 Å². The quantitative estimate of drug-likeness (QED) is 0.508. The second-order valence-electron chi connectivity index (χ2n) is 5.06. The van der Waals surface area contributed by atoms with Gasteiger partial charge >= 0.3 is 5.97 Å². The molecule has 0 aliphatic carbocycles. The van der Waals surface area contributed by atoms with Crippen molar-refractivity contribution in [3.05, 3.63) is 65.3 Å². The predicted octanol–water partition coefficient (Wildman–Crippen LogP) is 4.51. The van der Waals surface area contributed by atoms with E-state index in [2.05, 4.69) is 0 Å². The number of aromatic nitrogens is 1. The molecular formula is C18H14ClNO3S. The average Bonchev–Trinajstić information content (AvgIpc) is 3.00. The van der Waals surface area contributed by atoms with Gasteiger partial charge in [-0.05, 0) is 30.3 Å². The van der Waals surface area contributed by atoms with Crippen molar-refractivity contribution in [2.24, 2.45) is 0 Å². The van der Waals surface area contributed by atoms with E-state index in [-0.39, 0.29) is 11.7 Å². The summed E-state index contributed by atoms with van der Waals surface area (Å²) in [5, 5.41) is 1.36. The second kappa shape index (κ2) is 7.11. The molecule has 0 atom stereocenters. The molecule has 2 aromatic carbocycles. The van der Waals surface area contributed by atoms with Crippen molar-refractivity contribution in [2.75, 3.05) is 12.9 Å². The van der Waals surface area contributed by atoms with Crippen LogP contribution in [0.4, 0.5) is 0 Å². The summed E-state index contributed by atoms with van der Waals surface area (Å²) < 4.78 is 6.30. The van der Waals surface area contributed by atoms with Crippen LogP contribution in [0.15, 0.2) is 59.6 Å². The standard InChI is InChI=1S/C18H14ClNO3S/c1-23-18(22)15-10-20(16-5-3-2-4-14(15)16)17(21)11-24-13-8-6-12(19)7-9-13/h2-10H,11H2,1H3. The maximum absolute atomic E-state index is 12.6. The molecule has 0 radical (unpaired) electrons. The van der Waals surface area contributed by atoms with E-state index in [0.29, 0.717) is 21.5 Å². The van der Waals surface area contributed by atoms with Crippen LogP contribution in [0.5, 0.6) is 0 Å². The molecule has 0 fully saturated rings. The normalized spacial score (nSPS) is 10.8. The number of carbonyl (C=O) groups is 2. The van der Waals surface area contributed by atoms with Crippen molar-refractivity contribution in [3.63, 3.8) is 0 Å². The van der Waals surface area contributed by atoms with Gasteiger partial charge in [0.05, 0.1) is 23.9 Å². The Kier molecular flexibility index (Phi) is 4.92. The summed E-state index contributed by atoms with van der Waals surface area (Å²) in [7, 11) is 1.33. The fraction of sp³-hybridized carbons (Fsp3) is 0.111. The first kappa shape index (κ1) is 16.6. The van der Waals surface area contributed by atoms with Crippen molar-refractivity contribution < 1.29 is 14.3 Å². The fourth-order valence-electron chi connectivity index (χ4n) is 2.40. The lowest BCUT2D eigenvalue weighted by molar-refractivity contribution is 0.0603. The zero-order chi connectivity index (χ0) is 17.1. The smallest absolute Gasteiger partial charge is 0.340 e. The SMILES string of the molecule is COC(=O)c1cn(C(=O)CSc2ccc(Cl)cc2)c2ccccc12. The molecule has 0 spiro atoms. The lowest BCUT2D eigenvalue weighted by Gasteiger charge is -2.04. The van der Waals surface area contributed by atoms with E-state index in [4.69, 9.17) is 16.3 Å². The summed E-state index contributed by atoms with van der Waals surface area (Å²) in [6, 6.07) is 14.6. The van der Waals surface area contributed by atoms with Crippen LogP contribution in [0.25, 0.3) is 10.9 Å². The van der Waals surface area contributed by atoms with Gasteiger partial charge in [0.2, 0.25) is 5.91 Å². The van der Waals surface area contributed by atoms with Gasteiger partial charge in [-0.1, -0.05) is 29.8 Å². The molecule has 0 N–H and O–H groups in total. The maximum atomic E-state index is 12.6. The van der Waals surface area contributed by atoms with Gasteiger partial charge in [-0.15, -0.1) is 11.8 Å². The number of benzene rings is 2. The van der Waals surface area contributed by atoms with E-state index in [1.165, 1.54) is 23.4 Å². The zero-order valence-corrected chi connectivity index (χ0v) is 14.4. The topological polar surface area (TPSA) is 48.3 Å². The van der Waals surface area contributed by atoms with Gasteiger partial charge in [0, 0.05) is 21.5 Å². The molecule has 0 aliphatic heterocycles. The van der Waals surface area contributed by atoms with E-state index >= 15 is 0 Å². The minimum atomic E-state index is -0.455. The van der Waals surface area contributed by atoms with E-state index in [1.54, 1.807) is 24.4 Å². The lowest BCUT2D eigenvalue weighted by Crippen LogP contribution is -2.12. The van der Waals surface area contributed by atoms with Gasteiger partial charge < -0.3 is 4.74 Å². The Bertz CT molecular complexity index is 902. The van der Waals surface area contributed by atoms with Crippen molar-refractivity contribution in [3.8, 4) is 0 Å². The molecule has 6 heteroatoms. The van der Waals surface area contributed by atoms with Gasteiger partial charge in [0.1, 0.15) is 0 Å². The summed E-state index contributed by atoms with van der Waals surface area (Å²) in [6.07, 6.45) is 1.54. The summed E-state index contributed by atoms with van der Waals surface area (Å²) in [4.78, 5) is 25.5. The Morgan fingerprint density at radius 2 is 1.83 bits per heavy atom. The third-order valence-corrected chi connectivity index (χ3v) is 4.81. The summed E-state index contributed by atoms with van der Waals surface area (Å²) in [6.45, 7) is 0. The molecule has 3 rings (SSSR count). The molecule has 0 aliphatic rings. The average molecular weight is 360 g/mol. The van der Waals surface area contributed by atoms with E-state index in [1.807, 2.05) is 30.3 Å². The van der Waals surface area contributed by atoms with Gasteiger partial charge in [0.15, 0.2) is 0 Å². The molecular weight excluding hydrogens is 346 g/mol. The number of esters is 1. The first-order valence-corrected chi connectivity index (χ1v) is 8.56. The number of para-hydroxylation sites is 1. The van der Waals surface area contributed by atoms with Crippen molar-refractivity contribution >= 4 is 46.1 Å². The summed E-state index contributed by atoms with van der Waals surface area (Å²) in [5.74, 6) is -0.314. The highest BCUT2D eigenvalue weighted by molar-refractivity contribution is 8.00. The monoisotopic (exact) mass is 359 g/mol. The summed E-state index contributed by atoms with van der Waals surface area (Å²) in [5.41, 5.74) is 1.08. The van der Waals surface area contributed by atoms with E-state index in [9.17, 15) is 9.59 Å². The van der Waals surface area contributed by atoms with E-state index < -0.39 is 5.97 Å². The number of fused-ring (bicyclic) bond motifs is 1. The molecule has 0 saturated heterocycles. The van der Waals surface area contributed by atoms with Crippen LogP contribution in [0.3, 0.4) is 0 Å². The minimum Gasteiger partial charge on any atom is -0.465 e. The van der Waals surface area contributed by atoms with Crippen LogP contribution in [0.1, 0.15) is 15.2 Å². The Labute approximate surface area is 148 Å². The highest BCUT2D eigenvalue weighted by atomic mass is 35.5. The number of nitrogens with zero attached hydrogens (tertiary/aromatic N) is 1. The highest BCUT2D eigenvalue weighted by Crippen LogP contribution is 2.24. The zero-order valence-electron chi connectivity index (χ0n) is 12.9. The molecule has 0 amide bonds. The Hall–Kier alpha value is -2.24. The molecule has 1 aromatic heterocycles. The van der Waals surface area contributed by atoms with Crippen molar-refractivity contribution in [1.82, 2.24) is 4.57 Å². The Morgan fingerprint density at radius 1 is 1.12 bits per heavy atom. The molecule has 0 saturated carbocycles. The molecule has 24 heavy (non-hydrogen) atoms. The Morgan fingerprint density at radius 3 is 2.54 bits per heavy atom. The molecule has 0 unspecified atom stereocenters. The maximum Gasteiger partial charge on any atom is 0.340 e. The van der Waals surface area contributed by atoms with Gasteiger partial charge in [-0.3, -0.25) is 9.36 Å². The lowest BCUT2D eigenvalue weighted by atomic mass is 10.2. The Balaban J connectivity index is 1.87. The fourth-order valence-corrected chi connectivity index (χ4v) is 3.29. The number of halogens is 1. The van der Waals surface area contributed by atoms with Gasteiger partial charge in [-0.2, -0.15) is 0 Å². The minimum absolute atomic E-state index is 0.110. The summed E-state index contributed by atoms with van der Waals surface area (Å²) >= 11 is 7.28. The number of hydrogen-bond acceptors (Lipinski definition) is 4. The number of rotatable bonds is 4. The molecule has 122 valence electrons. The predicted molar refractivity (Wildman–Crippen MR) is 96.1 cm³/mol. The van der Waals surface area contributed by atoms with Crippen LogP contribution in [-0.2, 0) is 4.74 Å². The number of carbonyl (C=O) groups excluding carboxylic acids is 2. The second-order valence-corrected chi connectivity index (χ2v) is 6.54. The highest BCUT2D eigenvalue weighted by Gasteiger charge is 2.18. The first-order valence-electron chi connectivity index (χ1n) is 7.20. The number of hydrogen-bond donors (Lipinski definition) is 0. The van der Waals surface area contributed by atoms with Crippen LogP contribution < -0.4 is 0 Å². The van der Waals surface area contributed by atoms with Crippen LogP contribution in [0.2, 0.25) is 5.02 Å². The van der Waals surface area contributed by atoms with Crippen LogP contribution >= 0.6 is 23.4 Å². The van der Waals surface area contributed by atoms with E-state index in [0.717, 1.165) is 4.90 Å². The third-order valence-electron chi connectivity index (χ3n) is 3.56. The number of methoxy groups -OCH3 is 1.